The number of hydrogen-bond donors (Lipinski definition) is 0. The Balaban J connectivity index is 2.31. The van der Waals surface area contributed by atoms with Gasteiger partial charge in [0.15, 0.2) is 5.69 Å². The standard InChI is InChI=1S/C12H9N3O2/c1-2-15-10-9(13-14-15)11(16)7-5-3-4-6-8(7)12(10)17/h3-6H,2H2,1H3. The normalized spacial score (nSPS) is 13.5. The van der Waals surface area contributed by atoms with E-state index in [2.05, 4.69) is 10.3 Å². The molecule has 1 aromatic carbocycles. The summed E-state index contributed by atoms with van der Waals surface area (Å²) in [6, 6.07) is 6.78. The summed E-state index contributed by atoms with van der Waals surface area (Å²) in [6.07, 6.45) is 0. The summed E-state index contributed by atoms with van der Waals surface area (Å²) in [5.41, 5.74) is 1.31. The lowest BCUT2D eigenvalue weighted by Crippen LogP contribution is -2.23. The number of ketones is 2. The first-order valence-corrected chi connectivity index (χ1v) is 5.36. The number of fused-ring (bicyclic) bond motifs is 2. The Morgan fingerprint density at radius 2 is 1.76 bits per heavy atom. The molecule has 0 radical (unpaired) electrons. The quantitative estimate of drug-likeness (QED) is 0.623. The van der Waals surface area contributed by atoms with E-state index in [9.17, 15) is 9.59 Å². The number of aromatic nitrogens is 3. The molecule has 1 aliphatic rings. The van der Waals surface area contributed by atoms with Crippen LogP contribution in [0.4, 0.5) is 0 Å². The molecule has 0 atom stereocenters. The lowest BCUT2D eigenvalue weighted by molar-refractivity contribution is 0.0971. The van der Waals surface area contributed by atoms with Crippen LogP contribution in [0.1, 0.15) is 39.0 Å². The van der Waals surface area contributed by atoms with E-state index in [1.807, 2.05) is 6.92 Å². The zero-order valence-corrected chi connectivity index (χ0v) is 9.17. The van der Waals surface area contributed by atoms with Gasteiger partial charge in [-0.1, -0.05) is 29.5 Å². The lowest BCUT2D eigenvalue weighted by Gasteiger charge is -2.13. The second-order valence-electron chi connectivity index (χ2n) is 3.81. The molecule has 2 aromatic rings. The number of aryl methyl sites for hydroxylation is 1. The Labute approximate surface area is 97.1 Å². The molecule has 0 N–H and O–H groups in total. The second kappa shape index (κ2) is 3.35. The Hall–Kier alpha value is -2.30. The maximum Gasteiger partial charge on any atom is 0.216 e. The molecule has 1 aromatic heterocycles. The molecule has 5 heteroatoms. The highest BCUT2D eigenvalue weighted by molar-refractivity contribution is 6.26. The van der Waals surface area contributed by atoms with Crippen LogP contribution in [-0.2, 0) is 6.54 Å². The minimum atomic E-state index is -0.227. The first-order valence-electron chi connectivity index (χ1n) is 5.36. The molecule has 1 aliphatic carbocycles. The van der Waals surface area contributed by atoms with E-state index in [0.717, 1.165) is 0 Å². The summed E-state index contributed by atoms with van der Waals surface area (Å²) < 4.78 is 1.46. The van der Waals surface area contributed by atoms with E-state index < -0.39 is 0 Å². The van der Waals surface area contributed by atoms with Crippen molar-refractivity contribution in [2.24, 2.45) is 0 Å². The molecule has 0 fully saturated rings. The van der Waals surface area contributed by atoms with Crippen LogP contribution in [0.2, 0.25) is 0 Å². The number of carbonyl (C=O) groups is 2. The molecule has 0 unspecified atom stereocenters. The van der Waals surface area contributed by atoms with Gasteiger partial charge in [0.1, 0.15) is 5.69 Å². The summed E-state index contributed by atoms with van der Waals surface area (Å²) in [4.78, 5) is 24.4. The van der Waals surface area contributed by atoms with Crippen LogP contribution in [0.5, 0.6) is 0 Å². The molecular weight excluding hydrogens is 218 g/mol. The molecule has 5 nitrogen and oxygen atoms in total. The second-order valence-corrected chi connectivity index (χ2v) is 3.81. The topological polar surface area (TPSA) is 64.8 Å². The van der Waals surface area contributed by atoms with Gasteiger partial charge in [0.2, 0.25) is 11.6 Å². The van der Waals surface area contributed by atoms with Crippen molar-refractivity contribution in [3.05, 3.63) is 46.8 Å². The average Bonchev–Trinajstić information content (AvgIpc) is 2.80. The fraction of sp³-hybridized carbons (Fsp3) is 0.167. The highest BCUT2D eigenvalue weighted by Crippen LogP contribution is 2.25. The van der Waals surface area contributed by atoms with Gasteiger partial charge in [-0.15, -0.1) is 5.10 Å². The number of carbonyl (C=O) groups excluding carboxylic acids is 2. The van der Waals surface area contributed by atoms with Crippen molar-refractivity contribution in [2.45, 2.75) is 13.5 Å². The smallest absolute Gasteiger partial charge is 0.216 e. The molecule has 0 aliphatic heterocycles. The van der Waals surface area contributed by atoms with Gasteiger partial charge in [0.25, 0.3) is 0 Å². The van der Waals surface area contributed by atoms with E-state index in [-0.39, 0.29) is 17.3 Å². The van der Waals surface area contributed by atoms with Gasteiger partial charge >= 0.3 is 0 Å². The van der Waals surface area contributed by atoms with E-state index >= 15 is 0 Å². The summed E-state index contributed by atoms with van der Waals surface area (Å²) in [5, 5.41) is 7.63. The third-order valence-electron chi connectivity index (χ3n) is 2.88. The van der Waals surface area contributed by atoms with E-state index in [1.165, 1.54) is 4.68 Å². The monoisotopic (exact) mass is 227 g/mol. The number of nitrogens with zero attached hydrogens (tertiary/aromatic N) is 3. The first kappa shape index (κ1) is 9.89. The number of hydrogen-bond acceptors (Lipinski definition) is 4. The predicted molar refractivity (Wildman–Crippen MR) is 59.0 cm³/mol. The lowest BCUT2D eigenvalue weighted by atomic mass is 9.90. The van der Waals surface area contributed by atoms with E-state index in [4.69, 9.17) is 0 Å². The van der Waals surface area contributed by atoms with Crippen molar-refractivity contribution in [1.82, 2.24) is 15.0 Å². The van der Waals surface area contributed by atoms with Gasteiger partial charge in [-0.2, -0.15) is 0 Å². The fourth-order valence-electron chi connectivity index (χ4n) is 2.05. The summed E-state index contributed by atoms with van der Waals surface area (Å²) in [6.45, 7) is 2.37. The van der Waals surface area contributed by atoms with Crippen molar-refractivity contribution in [2.75, 3.05) is 0 Å². The minimum Gasteiger partial charge on any atom is -0.287 e. The van der Waals surface area contributed by atoms with Crippen LogP contribution in [0.15, 0.2) is 24.3 Å². The third kappa shape index (κ3) is 1.19. The first-order chi connectivity index (χ1) is 8.24. The molecule has 0 saturated heterocycles. The molecule has 17 heavy (non-hydrogen) atoms. The van der Waals surface area contributed by atoms with Crippen LogP contribution < -0.4 is 0 Å². The van der Waals surface area contributed by atoms with Gasteiger partial charge < -0.3 is 0 Å². The molecule has 0 saturated carbocycles. The summed E-state index contributed by atoms with van der Waals surface area (Å²) in [7, 11) is 0. The van der Waals surface area contributed by atoms with Crippen LogP contribution >= 0.6 is 0 Å². The molecule has 0 amide bonds. The van der Waals surface area contributed by atoms with Crippen LogP contribution in [0.25, 0.3) is 0 Å². The van der Waals surface area contributed by atoms with Crippen molar-refractivity contribution < 1.29 is 9.59 Å². The Bertz CT molecular complexity index is 643. The van der Waals surface area contributed by atoms with Gasteiger partial charge in [0.05, 0.1) is 0 Å². The highest BCUT2D eigenvalue weighted by Gasteiger charge is 2.34. The van der Waals surface area contributed by atoms with Crippen LogP contribution in [0.3, 0.4) is 0 Å². The maximum atomic E-state index is 12.2. The molecule has 1 heterocycles. The number of benzene rings is 1. The van der Waals surface area contributed by atoms with Gasteiger partial charge in [-0.05, 0) is 6.92 Å². The fourth-order valence-corrected chi connectivity index (χ4v) is 2.05. The van der Waals surface area contributed by atoms with E-state index in [0.29, 0.717) is 23.4 Å². The minimum absolute atomic E-state index is 0.163. The molecule has 84 valence electrons. The molecular formula is C12H9N3O2. The Morgan fingerprint density at radius 3 is 2.41 bits per heavy atom. The Morgan fingerprint density at radius 1 is 1.12 bits per heavy atom. The largest absolute Gasteiger partial charge is 0.287 e. The SMILES string of the molecule is CCn1nnc2c1C(=O)c1ccccc1C2=O. The van der Waals surface area contributed by atoms with Crippen molar-refractivity contribution in [3.8, 4) is 0 Å². The highest BCUT2D eigenvalue weighted by atomic mass is 16.1. The average molecular weight is 227 g/mol. The van der Waals surface area contributed by atoms with Crippen molar-refractivity contribution in [3.63, 3.8) is 0 Å². The zero-order chi connectivity index (χ0) is 12.0. The molecule has 0 bridgehead atoms. The Kier molecular flexibility index (Phi) is 1.95. The van der Waals surface area contributed by atoms with E-state index in [1.54, 1.807) is 24.3 Å². The van der Waals surface area contributed by atoms with Gasteiger partial charge in [0, 0.05) is 17.7 Å². The summed E-state index contributed by atoms with van der Waals surface area (Å²) >= 11 is 0. The maximum absolute atomic E-state index is 12.2. The predicted octanol–water partition coefficient (Wildman–Crippen LogP) is 1.07. The molecule has 3 rings (SSSR count). The molecule has 0 spiro atoms. The zero-order valence-electron chi connectivity index (χ0n) is 9.17. The van der Waals surface area contributed by atoms with Crippen LogP contribution in [-0.4, -0.2) is 26.6 Å². The third-order valence-corrected chi connectivity index (χ3v) is 2.88. The van der Waals surface area contributed by atoms with Crippen molar-refractivity contribution >= 4 is 11.6 Å². The van der Waals surface area contributed by atoms with Crippen LogP contribution in [0, 0.1) is 0 Å². The van der Waals surface area contributed by atoms with Gasteiger partial charge in [-0.3, -0.25) is 9.59 Å². The van der Waals surface area contributed by atoms with Crippen molar-refractivity contribution in [1.29, 1.82) is 0 Å². The van der Waals surface area contributed by atoms with Gasteiger partial charge in [-0.25, -0.2) is 4.68 Å². The summed E-state index contributed by atoms with van der Waals surface area (Å²) in [5.74, 6) is -0.406. The number of rotatable bonds is 1.